The maximum atomic E-state index is 13.1. The molecule has 3 aromatic rings. The van der Waals surface area contributed by atoms with Crippen LogP contribution in [0.3, 0.4) is 0 Å². The second kappa shape index (κ2) is 9.99. The van der Waals surface area contributed by atoms with Gasteiger partial charge in [-0.2, -0.15) is 13.2 Å². The summed E-state index contributed by atoms with van der Waals surface area (Å²) in [5.41, 5.74) is 7.31. The predicted octanol–water partition coefficient (Wildman–Crippen LogP) is 3.97. The van der Waals surface area contributed by atoms with Crippen LogP contribution in [-0.2, 0) is 17.4 Å². The molecule has 3 heterocycles. The zero-order valence-electron chi connectivity index (χ0n) is 18.0. The highest BCUT2D eigenvalue weighted by atomic mass is 35.5. The van der Waals surface area contributed by atoms with E-state index < -0.39 is 22.8 Å². The number of H-pyrrole nitrogens is 1. The average molecular weight is 515 g/mol. The largest absolute Gasteiger partial charge is 0.434 e. The van der Waals surface area contributed by atoms with Crippen LogP contribution < -0.4 is 16.4 Å². The first-order valence-corrected chi connectivity index (χ1v) is 11.4. The van der Waals surface area contributed by atoms with Crippen LogP contribution in [-0.4, -0.2) is 53.5 Å². The molecule has 7 nitrogen and oxygen atoms in total. The number of rotatable bonds is 8. The number of carbonyl (C=O) groups excluding carboxylic acids is 1. The molecule has 0 spiro atoms. The van der Waals surface area contributed by atoms with Gasteiger partial charge in [0.15, 0.2) is 5.69 Å². The molecule has 34 heavy (non-hydrogen) atoms. The van der Waals surface area contributed by atoms with Crippen molar-refractivity contribution in [2.75, 3.05) is 38.0 Å². The molecular weight excluding hydrogens is 492 g/mol. The fourth-order valence-corrected chi connectivity index (χ4v) is 4.67. The minimum Gasteiger partial charge on any atom is -0.369 e. The van der Waals surface area contributed by atoms with Crippen molar-refractivity contribution >= 4 is 45.8 Å². The highest BCUT2D eigenvalue weighted by molar-refractivity contribution is 6.31. The first-order valence-electron chi connectivity index (χ1n) is 10.6. The Balaban J connectivity index is 1.50. The first-order chi connectivity index (χ1) is 16.1. The molecule has 1 atom stereocenters. The van der Waals surface area contributed by atoms with E-state index in [-0.39, 0.29) is 18.4 Å². The molecule has 1 aromatic carbocycles. The molecule has 0 saturated heterocycles. The van der Waals surface area contributed by atoms with E-state index in [1.54, 1.807) is 0 Å². The van der Waals surface area contributed by atoms with E-state index in [0.717, 1.165) is 29.6 Å². The molecule has 1 aliphatic heterocycles. The predicted molar refractivity (Wildman–Crippen MR) is 126 cm³/mol. The standard InChI is InChI=1S/C22H23Cl2F3N6O/c23-12-1-3-16-14(9-12)13-5-7-33(17(20(13)31-16)10-29-11-18(28)34)8-6-30-19-4-2-15(24)21(32-19)22(25,26)27/h1-4,9,17,29,31H,5-8,10-11H2,(H2,28,34)(H,30,32). The van der Waals surface area contributed by atoms with Gasteiger partial charge in [0.1, 0.15) is 5.82 Å². The molecule has 0 saturated carbocycles. The number of pyridine rings is 1. The number of carbonyl (C=O) groups is 1. The van der Waals surface area contributed by atoms with E-state index in [1.165, 1.54) is 17.7 Å². The molecule has 5 N–H and O–H groups in total. The van der Waals surface area contributed by atoms with Gasteiger partial charge in [-0.25, -0.2) is 4.98 Å². The molecular formula is C22H23Cl2F3N6O. The van der Waals surface area contributed by atoms with Crippen molar-refractivity contribution in [3.8, 4) is 0 Å². The van der Waals surface area contributed by atoms with Crippen molar-refractivity contribution in [1.29, 1.82) is 0 Å². The lowest BCUT2D eigenvalue weighted by Gasteiger charge is -2.36. The van der Waals surface area contributed by atoms with Gasteiger partial charge in [0.2, 0.25) is 5.91 Å². The average Bonchev–Trinajstić information content (AvgIpc) is 3.13. The Morgan fingerprint density at radius 1 is 1.26 bits per heavy atom. The number of aromatic amines is 1. The number of aromatic nitrogens is 2. The summed E-state index contributed by atoms with van der Waals surface area (Å²) in [5.74, 6) is -0.361. The number of hydrogen-bond acceptors (Lipinski definition) is 5. The van der Waals surface area contributed by atoms with Gasteiger partial charge in [0, 0.05) is 47.8 Å². The SMILES string of the molecule is NC(=O)CNCC1c2[nH]c3ccc(Cl)cc3c2CCN1CCNc1ccc(Cl)c(C(F)(F)F)n1. The number of benzene rings is 1. The molecule has 4 rings (SSSR count). The van der Waals surface area contributed by atoms with Crippen molar-refractivity contribution in [2.24, 2.45) is 5.73 Å². The highest BCUT2D eigenvalue weighted by Gasteiger charge is 2.35. The van der Waals surface area contributed by atoms with Gasteiger partial charge in [-0.05, 0) is 42.3 Å². The Hall–Kier alpha value is -2.53. The molecule has 0 radical (unpaired) electrons. The second-order valence-electron chi connectivity index (χ2n) is 8.06. The van der Waals surface area contributed by atoms with Crippen molar-refractivity contribution in [1.82, 2.24) is 20.2 Å². The Labute approximate surface area is 203 Å². The zero-order chi connectivity index (χ0) is 24.5. The third kappa shape index (κ3) is 5.41. The quantitative estimate of drug-likeness (QED) is 0.364. The van der Waals surface area contributed by atoms with Crippen molar-refractivity contribution in [2.45, 2.75) is 18.6 Å². The molecule has 1 unspecified atom stereocenters. The van der Waals surface area contributed by atoms with Gasteiger partial charge in [0.25, 0.3) is 0 Å². The molecule has 0 aliphatic carbocycles. The number of nitrogens with zero attached hydrogens (tertiary/aromatic N) is 2. The number of amides is 1. The lowest BCUT2D eigenvalue weighted by molar-refractivity contribution is -0.141. The van der Waals surface area contributed by atoms with Gasteiger partial charge in [-0.1, -0.05) is 23.2 Å². The molecule has 1 aliphatic rings. The van der Waals surface area contributed by atoms with E-state index in [2.05, 4.69) is 25.5 Å². The Morgan fingerprint density at radius 2 is 2.06 bits per heavy atom. The van der Waals surface area contributed by atoms with E-state index in [4.69, 9.17) is 28.9 Å². The molecule has 0 bridgehead atoms. The van der Waals surface area contributed by atoms with E-state index in [1.807, 2.05) is 18.2 Å². The Bertz CT molecular complexity index is 1200. The summed E-state index contributed by atoms with van der Waals surface area (Å²) in [6, 6.07) is 8.18. The summed E-state index contributed by atoms with van der Waals surface area (Å²) < 4.78 is 39.3. The number of hydrogen-bond donors (Lipinski definition) is 4. The number of nitrogens with two attached hydrogens (primary N) is 1. The summed E-state index contributed by atoms with van der Waals surface area (Å²) in [4.78, 5) is 20.5. The van der Waals surface area contributed by atoms with Crippen molar-refractivity contribution < 1.29 is 18.0 Å². The molecule has 182 valence electrons. The van der Waals surface area contributed by atoms with Crippen LogP contribution in [0.5, 0.6) is 0 Å². The van der Waals surface area contributed by atoms with Gasteiger partial charge < -0.3 is 21.4 Å². The minimum atomic E-state index is -4.63. The number of halogens is 5. The van der Waals surface area contributed by atoms with Crippen LogP contribution >= 0.6 is 23.2 Å². The number of primary amides is 1. The first kappa shape index (κ1) is 24.6. The van der Waals surface area contributed by atoms with Gasteiger partial charge in [-0.15, -0.1) is 0 Å². The third-order valence-corrected chi connectivity index (χ3v) is 6.32. The number of fused-ring (bicyclic) bond motifs is 3. The number of alkyl halides is 3. The fraction of sp³-hybridized carbons (Fsp3) is 0.364. The van der Waals surface area contributed by atoms with Crippen molar-refractivity contribution in [3.05, 3.63) is 57.3 Å². The molecule has 12 heteroatoms. The van der Waals surface area contributed by atoms with Crippen LogP contribution in [0.2, 0.25) is 10.0 Å². The zero-order valence-corrected chi connectivity index (χ0v) is 19.5. The van der Waals surface area contributed by atoms with Gasteiger partial charge >= 0.3 is 6.18 Å². The summed E-state index contributed by atoms with van der Waals surface area (Å²) in [6.45, 7) is 2.12. The maximum Gasteiger partial charge on any atom is 0.434 e. The van der Waals surface area contributed by atoms with E-state index in [9.17, 15) is 18.0 Å². The van der Waals surface area contributed by atoms with Crippen LogP contribution in [0, 0.1) is 0 Å². The van der Waals surface area contributed by atoms with Crippen LogP contribution in [0.4, 0.5) is 19.0 Å². The smallest absolute Gasteiger partial charge is 0.369 e. The monoisotopic (exact) mass is 514 g/mol. The van der Waals surface area contributed by atoms with Crippen LogP contribution in [0.1, 0.15) is 23.0 Å². The van der Waals surface area contributed by atoms with Crippen LogP contribution in [0.25, 0.3) is 10.9 Å². The fourth-order valence-electron chi connectivity index (χ4n) is 4.29. The maximum absolute atomic E-state index is 13.1. The topological polar surface area (TPSA) is 99.1 Å². The van der Waals surface area contributed by atoms with E-state index >= 15 is 0 Å². The summed E-state index contributed by atoms with van der Waals surface area (Å²) in [5, 5.41) is 7.30. The third-order valence-electron chi connectivity index (χ3n) is 5.78. The van der Waals surface area contributed by atoms with Gasteiger partial charge in [0.05, 0.1) is 17.6 Å². The lowest BCUT2D eigenvalue weighted by Crippen LogP contribution is -2.44. The molecule has 0 fully saturated rings. The second-order valence-corrected chi connectivity index (χ2v) is 8.90. The highest BCUT2D eigenvalue weighted by Crippen LogP contribution is 2.36. The minimum absolute atomic E-state index is 0.0406. The van der Waals surface area contributed by atoms with Crippen LogP contribution in [0.15, 0.2) is 30.3 Å². The van der Waals surface area contributed by atoms with E-state index in [0.29, 0.717) is 24.7 Å². The molecule has 1 amide bonds. The van der Waals surface area contributed by atoms with Crippen molar-refractivity contribution in [3.63, 3.8) is 0 Å². The lowest BCUT2D eigenvalue weighted by atomic mass is 9.97. The summed E-state index contributed by atoms with van der Waals surface area (Å²) in [7, 11) is 0. The molecule has 2 aromatic heterocycles. The number of anilines is 1. The normalized spacial score (nSPS) is 16.6. The summed E-state index contributed by atoms with van der Waals surface area (Å²) in [6.07, 6.45) is -3.85. The Morgan fingerprint density at radius 3 is 2.79 bits per heavy atom. The van der Waals surface area contributed by atoms with Gasteiger partial charge in [-0.3, -0.25) is 9.69 Å². The Kier molecular flexibility index (Phi) is 7.22. The summed E-state index contributed by atoms with van der Waals surface area (Å²) >= 11 is 11.8. The number of nitrogens with one attached hydrogen (secondary N) is 3.